The molecule has 0 aromatic carbocycles. The first-order chi connectivity index (χ1) is 7.55. The molecule has 1 heterocycles. The summed E-state index contributed by atoms with van der Waals surface area (Å²) < 4.78 is 42.4. The lowest BCUT2D eigenvalue weighted by molar-refractivity contribution is -0.138. The van der Waals surface area contributed by atoms with E-state index in [1.54, 1.807) is 0 Å². The Morgan fingerprint density at radius 1 is 1.44 bits per heavy atom. The van der Waals surface area contributed by atoms with Gasteiger partial charge in [-0.25, -0.2) is 0 Å². The number of rotatable bonds is 5. The predicted molar refractivity (Wildman–Crippen MR) is 52.8 cm³/mol. The van der Waals surface area contributed by atoms with Gasteiger partial charge in [0.2, 0.25) is 0 Å². The summed E-state index contributed by atoms with van der Waals surface area (Å²) in [5, 5.41) is 2.83. The highest BCUT2D eigenvalue weighted by molar-refractivity contribution is 5.22. The van der Waals surface area contributed by atoms with Crippen LogP contribution in [0.2, 0.25) is 0 Å². The third-order valence-corrected chi connectivity index (χ3v) is 1.97. The molecular formula is C10H13F3N2O. The molecule has 0 fully saturated rings. The highest BCUT2D eigenvalue weighted by Crippen LogP contribution is 2.30. The predicted octanol–water partition coefficient (Wildman–Crippen LogP) is 1.84. The summed E-state index contributed by atoms with van der Waals surface area (Å²) >= 11 is 0. The van der Waals surface area contributed by atoms with E-state index in [0.717, 1.165) is 6.07 Å². The minimum Gasteiger partial charge on any atom is -0.383 e. The van der Waals surface area contributed by atoms with E-state index in [4.69, 9.17) is 4.74 Å². The molecule has 0 saturated carbocycles. The van der Waals surface area contributed by atoms with Gasteiger partial charge in [-0.15, -0.1) is 0 Å². The lowest BCUT2D eigenvalue weighted by atomic mass is 10.2. The molecular weight excluding hydrogens is 221 g/mol. The Bertz CT molecular complexity index is 328. The fraction of sp³-hybridized carbons (Fsp3) is 0.500. The molecule has 0 radical (unpaired) electrons. The highest BCUT2D eigenvalue weighted by atomic mass is 19.4. The van der Waals surface area contributed by atoms with Gasteiger partial charge in [0.05, 0.1) is 17.9 Å². The first-order valence-electron chi connectivity index (χ1n) is 4.76. The Hall–Kier alpha value is -1.14. The number of ether oxygens (including phenoxy) is 1. The monoisotopic (exact) mass is 234 g/mol. The number of methoxy groups -OCH3 is 1. The molecule has 1 rings (SSSR count). The third-order valence-electron chi connectivity index (χ3n) is 1.97. The maximum atomic E-state index is 12.5. The standard InChI is InChI=1S/C10H13F3N2O/c1-16-6-5-14-7-9-8(10(11,12)13)3-2-4-15-9/h2-4,14H,5-7H2,1H3. The van der Waals surface area contributed by atoms with Gasteiger partial charge in [0.15, 0.2) is 0 Å². The number of alkyl halides is 3. The second-order valence-electron chi connectivity index (χ2n) is 3.16. The number of hydrogen-bond acceptors (Lipinski definition) is 3. The van der Waals surface area contributed by atoms with Crippen LogP contribution in [0.3, 0.4) is 0 Å². The average Bonchev–Trinajstić information content (AvgIpc) is 2.24. The first-order valence-corrected chi connectivity index (χ1v) is 4.76. The number of hydrogen-bond donors (Lipinski definition) is 1. The second kappa shape index (κ2) is 5.81. The Balaban J connectivity index is 2.65. The summed E-state index contributed by atoms with van der Waals surface area (Å²) in [4.78, 5) is 3.72. The molecule has 0 aliphatic heterocycles. The molecule has 16 heavy (non-hydrogen) atoms. The fourth-order valence-electron chi connectivity index (χ4n) is 1.22. The first kappa shape index (κ1) is 12.9. The molecule has 3 nitrogen and oxygen atoms in total. The van der Waals surface area contributed by atoms with Crippen molar-refractivity contribution in [1.29, 1.82) is 0 Å². The number of nitrogens with zero attached hydrogens (tertiary/aromatic N) is 1. The Kier molecular flexibility index (Phi) is 4.70. The van der Waals surface area contributed by atoms with Crippen LogP contribution in [0, 0.1) is 0 Å². The maximum absolute atomic E-state index is 12.5. The van der Waals surface area contributed by atoms with Gasteiger partial charge in [0.25, 0.3) is 0 Å². The summed E-state index contributed by atoms with van der Waals surface area (Å²) in [5.41, 5.74) is -0.689. The highest BCUT2D eigenvalue weighted by Gasteiger charge is 2.33. The van der Waals surface area contributed by atoms with Gasteiger partial charge in [0.1, 0.15) is 0 Å². The van der Waals surface area contributed by atoms with Crippen molar-refractivity contribution >= 4 is 0 Å². The van der Waals surface area contributed by atoms with Crippen molar-refractivity contribution in [1.82, 2.24) is 10.3 Å². The van der Waals surface area contributed by atoms with Gasteiger partial charge in [-0.2, -0.15) is 13.2 Å². The Morgan fingerprint density at radius 3 is 2.81 bits per heavy atom. The van der Waals surface area contributed by atoms with Crippen molar-refractivity contribution in [3.8, 4) is 0 Å². The van der Waals surface area contributed by atoms with E-state index in [1.165, 1.54) is 19.4 Å². The summed E-state index contributed by atoms with van der Waals surface area (Å²) in [7, 11) is 1.53. The molecule has 6 heteroatoms. The zero-order chi connectivity index (χ0) is 12.0. The Labute approximate surface area is 91.6 Å². The van der Waals surface area contributed by atoms with E-state index in [9.17, 15) is 13.2 Å². The van der Waals surface area contributed by atoms with Crippen molar-refractivity contribution in [2.24, 2.45) is 0 Å². The van der Waals surface area contributed by atoms with Gasteiger partial charge in [-0.1, -0.05) is 0 Å². The van der Waals surface area contributed by atoms with Gasteiger partial charge in [0, 0.05) is 26.4 Å². The number of pyridine rings is 1. The van der Waals surface area contributed by atoms with E-state index in [0.29, 0.717) is 13.2 Å². The molecule has 0 aliphatic carbocycles. The molecule has 0 spiro atoms. The van der Waals surface area contributed by atoms with Crippen LogP contribution >= 0.6 is 0 Å². The molecule has 0 unspecified atom stereocenters. The lowest BCUT2D eigenvalue weighted by Gasteiger charge is -2.11. The van der Waals surface area contributed by atoms with Crippen LogP contribution in [0.1, 0.15) is 11.3 Å². The van der Waals surface area contributed by atoms with E-state index in [2.05, 4.69) is 10.3 Å². The SMILES string of the molecule is COCCNCc1ncccc1C(F)(F)F. The van der Waals surface area contributed by atoms with E-state index < -0.39 is 11.7 Å². The van der Waals surface area contributed by atoms with Crippen LogP contribution in [-0.4, -0.2) is 25.2 Å². The quantitative estimate of drug-likeness (QED) is 0.789. The number of aromatic nitrogens is 1. The summed E-state index contributed by atoms with van der Waals surface area (Å²) in [6.07, 6.45) is -3.00. The molecule has 0 bridgehead atoms. The largest absolute Gasteiger partial charge is 0.418 e. The smallest absolute Gasteiger partial charge is 0.383 e. The summed E-state index contributed by atoms with van der Waals surface area (Å²) in [6.45, 7) is 1.03. The molecule has 0 amide bonds. The van der Waals surface area contributed by atoms with Crippen LogP contribution < -0.4 is 5.32 Å². The Morgan fingerprint density at radius 2 is 2.19 bits per heavy atom. The third kappa shape index (κ3) is 3.79. The van der Waals surface area contributed by atoms with Gasteiger partial charge < -0.3 is 10.1 Å². The number of halogens is 3. The molecule has 0 atom stereocenters. The van der Waals surface area contributed by atoms with Crippen LogP contribution in [-0.2, 0) is 17.5 Å². The topological polar surface area (TPSA) is 34.1 Å². The molecule has 0 saturated heterocycles. The van der Waals surface area contributed by atoms with Crippen LogP contribution in [0.4, 0.5) is 13.2 Å². The molecule has 0 aliphatic rings. The average molecular weight is 234 g/mol. The molecule has 1 N–H and O–H groups in total. The van der Waals surface area contributed by atoms with E-state index >= 15 is 0 Å². The van der Waals surface area contributed by atoms with Gasteiger partial charge in [-0.05, 0) is 12.1 Å². The van der Waals surface area contributed by atoms with Crippen molar-refractivity contribution in [2.75, 3.05) is 20.3 Å². The second-order valence-corrected chi connectivity index (χ2v) is 3.16. The van der Waals surface area contributed by atoms with E-state index in [1.807, 2.05) is 0 Å². The van der Waals surface area contributed by atoms with Gasteiger partial charge >= 0.3 is 6.18 Å². The van der Waals surface area contributed by atoms with E-state index in [-0.39, 0.29) is 12.2 Å². The van der Waals surface area contributed by atoms with Crippen molar-refractivity contribution < 1.29 is 17.9 Å². The van der Waals surface area contributed by atoms with Crippen molar-refractivity contribution in [3.05, 3.63) is 29.6 Å². The minimum absolute atomic E-state index is 0.00565. The zero-order valence-electron chi connectivity index (χ0n) is 8.84. The zero-order valence-corrected chi connectivity index (χ0v) is 8.84. The van der Waals surface area contributed by atoms with Crippen LogP contribution in [0.15, 0.2) is 18.3 Å². The van der Waals surface area contributed by atoms with Crippen molar-refractivity contribution in [2.45, 2.75) is 12.7 Å². The van der Waals surface area contributed by atoms with Crippen molar-refractivity contribution in [3.63, 3.8) is 0 Å². The normalized spacial score (nSPS) is 11.8. The summed E-state index contributed by atoms with van der Waals surface area (Å²) in [6, 6.07) is 2.31. The fourth-order valence-corrected chi connectivity index (χ4v) is 1.22. The summed E-state index contributed by atoms with van der Waals surface area (Å²) in [5.74, 6) is 0. The van der Waals surface area contributed by atoms with Crippen LogP contribution in [0.5, 0.6) is 0 Å². The molecule has 1 aromatic rings. The number of nitrogens with one attached hydrogen (secondary N) is 1. The molecule has 90 valence electrons. The van der Waals surface area contributed by atoms with Crippen LogP contribution in [0.25, 0.3) is 0 Å². The molecule has 1 aromatic heterocycles. The maximum Gasteiger partial charge on any atom is 0.418 e. The van der Waals surface area contributed by atoms with Gasteiger partial charge in [-0.3, -0.25) is 4.98 Å². The minimum atomic E-state index is -4.35. The lowest BCUT2D eigenvalue weighted by Crippen LogP contribution is -2.22.